The minimum atomic E-state index is 0.201. The second kappa shape index (κ2) is 4.12. The minimum absolute atomic E-state index is 0.201. The Balaban J connectivity index is 2.63. The molecule has 1 rings (SSSR count). The highest BCUT2D eigenvalue weighted by Crippen LogP contribution is 2.12. The number of hydrogen-bond acceptors (Lipinski definition) is 2. The van der Waals surface area contributed by atoms with Gasteiger partial charge >= 0.3 is 0 Å². The van der Waals surface area contributed by atoms with Gasteiger partial charge in [-0.15, -0.1) is 0 Å². The maximum atomic E-state index is 9.16. The summed E-state index contributed by atoms with van der Waals surface area (Å²) >= 11 is 0. The molecule has 1 aromatic rings. The third kappa shape index (κ3) is 2.55. The maximum absolute atomic E-state index is 9.16. The van der Waals surface area contributed by atoms with Gasteiger partial charge in [0.25, 0.3) is 0 Å². The molecule has 0 heterocycles. The Morgan fingerprint density at radius 1 is 1.50 bits per heavy atom. The first-order valence-electron chi connectivity index (χ1n) is 4.26. The summed E-state index contributed by atoms with van der Waals surface area (Å²) < 4.78 is 0. The van der Waals surface area contributed by atoms with Crippen LogP contribution in [-0.4, -0.2) is 11.1 Å². The second-order valence-electron chi connectivity index (χ2n) is 3.04. The van der Waals surface area contributed by atoms with Crippen LogP contribution in [0.3, 0.4) is 0 Å². The Morgan fingerprint density at radius 2 is 2.25 bits per heavy atom. The van der Waals surface area contributed by atoms with Crippen molar-refractivity contribution in [3.05, 3.63) is 29.8 Å². The first kappa shape index (κ1) is 9.07. The van der Waals surface area contributed by atoms with Crippen LogP contribution in [0.4, 0.5) is 0 Å². The molecule has 3 N–H and O–H groups in total. The summed E-state index contributed by atoms with van der Waals surface area (Å²) in [5, 5.41) is 9.16. The molecule has 1 aromatic carbocycles. The van der Waals surface area contributed by atoms with Gasteiger partial charge in [0.05, 0.1) is 0 Å². The lowest BCUT2D eigenvalue weighted by Gasteiger charge is -2.08. The highest BCUT2D eigenvalue weighted by molar-refractivity contribution is 5.27. The monoisotopic (exact) mass is 165 g/mol. The highest BCUT2D eigenvalue weighted by Gasteiger charge is 2.00. The molecule has 0 bridgehead atoms. The van der Waals surface area contributed by atoms with E-state index in [1.54, 1.807) is 12.1 Å². The topological polar surface area (TPSA) is 46.2 Å². The molecule has 1 atom stereocenters. The van der Waals surface area contributed by atoms with Crippen LogP contribution in [0.15, 0.2) is 24.3 Å². The lowest BCUT2D eigenvalue weighted by Crippen LogP contribution is -2.21. The van der Waals surface area contributed by atoms with Crippen molar-refractivity contribution in [1.29, 1.82) is 0 Å². The molecule has 0 aliphatic carbocycles. The second-order valence-corrected chi connectivity index (χ2v) is 3.04. The molecule has 0 amide bonds. The van der Waals surface area contributed by atoms with Crippen LogP contribution in [-0.2, 0) is 6.42 Å². The van der Waals surface area contributed by atoms with Crippen molar-refractivity contribution in [3.63, 3.8) is 0 Å². The molecule has 0 radical (unpaired) electrons. The van der Waals surface area contributed by atoms with Crippen LogP contribution in [0.1, 0.15) is 18.9 Å². The molecule has 12 heavy (non-hydrogen) atoms. The molecule has 0 aliphatic rings. The molecular formula is C10H15NO. The Morgan fingerprint density at radius 3 is 2.83 bits per heavy atom. The van der Waals surface area contributed by atoms with E-state index in [1.165, 1.54) is 0 Å². The molecular weight excluding hydrogens is 150 g/mol. The van der Waals surface area contributed by atoms with Gasteiger partial charge in [-0.2, -0.15) is 0 Å². The van der Waals surface area contributed by atoms with Gasteiger partial charge in [0.2, 0.25) is 0 Å². The molecule has 1 unspecified atom stereocenters. The fourth-order valence-corrected chi connectivity index (χ4v) is 1.13. The minimum Gasteiger partial charge on any atom is -0.508 e. The average molecular weight is 165 g/mol. The molecule has 0 aromatic heterocycles. The zero-order valence-electron chi connectivity index (χ0n) is 7.33. The number of aromatic hydroxyl groups is 1. The molecule has 0 saturated heterocycles. The number of benzene rings is 1. The van der Waals surface area contributed by atoms with Crippen molar-refractivity contribution >= 4 is 0 Å². The van der Waals surface area contributed by atoms with Crippen molar-refractivity contribution in [2.45, 2.75) is 25.8 Å². The number of nitrogens with two attached hydrogens (primary N) is 1. The van der Waals surface area contributed by atoms with Gasteiger partial charge in [-0.3, -0.25) is 0 Å². The summed E-state index contributed by atoms with van der Waals surface area (Å²) in [4.78, 5) is 0. The van der Waals surface area contributed by atoms with E-state index in [9.17, 15) is 0 Å². The average Bonchev–Trinajstić information content (AvgIpc) is 2.04. The molecule has 0 spiro atoms. The third-order valence-electron chi connectivity index (χ3n) is 1.93. The van der Waals surface area contributed by atoms with Gasteiger partial charge < -0.3 is 10.8 Å². The number of phenolic OH excluding ortho intramolecular Hbond substituents is 1. The third-order valence-corrected chi connectivity index (χ3v) is 1.93. The number of hydrogen-bond donors (Lipinski definition) is 2. The summed E-state index contributed by atoms with van der Waals surface area (Å²) in [6, 6.07) is 7.45. The van der Waals surface area contributed by atoms with Crippen molar-refractivity contribution in [2.24, 2.45) is 5.73 Å². The fraction of sp³-hybridized carbons (Fsp3) is 0.400. The molecule has 2 heteroatoms. The Hall–Kier alpha value is -1.02. The lowest BCUT2D eigenvalue weighted by molar-refractivity contribution is 0.474. The van der Waals surface area contributed by atoms with Gasteiger partial charge in [-0.25, -0.2) is 0 Å². The highest BCUT2D eigenvalue weighted by atomic mass is 16.3. The van der Waals surface area contributed by atoms with E-state index in [0.29, 0.717) is 5.75 Å². The van der Waals surface area contributed by atoms with Crippen molar-refractivity contribution in [3.8, 4) is 5.75 Å². The van der Waals surface area contributed by atoms with Gasteiger partial charge in [-0.1, -0.05) is 19.1 Å². The van der Waals surface area contributed by atoms with Crippen LogP contribution >= 0.6 is 0 Å². The SMILES string of the molecule is CCC(N)Cc1cccc(O)c1. The Labute approximate surface area is 73.0 Å². The lowest BCUT2D eigenvalue weighted by atomic mass is 10.0. The van der Waals surface area contributed by atoms with Crippen molar-refractivity contribution < 1.29 is 5.11 Å². The molecule has 0 aliphatic heterocycles. The van der Waals surface area contributed by atoms with Gasteiger partial charge in [-0.05, 0) is 30.5 Å². The number of phenols is 1. The standard InChI is InChI=1S/C10H15NO/c1-2-9(11)6-8-4-3-5-10(12)7-8/h3-5,7,9,12H,2,6,11H2,1H3. The molecule has 0 saturated carbocycles. The summed E-state index contributed by atoms with van der Waals surface area (Å²) in [6.45, 7) is 2.06. The number of rotatable bonds is 3. The van der Waals surface area contributed by atoms with E-state index in [1.807, 2.05) is 12.1 Å². The summed E-state index contributed by atoms with van der Waals surface area (Å²) in [7, 11) is 0. The van der Waals surface area contributed by atoms with Crippen LogP contribution in [0.5, 0.6) is 5.75 Å². The summed E-state index contributed by atoms with van der Waals surface area (Å²) in [5.74, 6) is 0.316. The van der Waals surface area contributed by atoms with Crippen LogP contribution < -0.4 is 5.73 Å². The first-order valence-corrected chi connectivity index (χ1v) is 4.26. The van der Waals surface area contributed by atoms with Crippen molar-refractivity contribution in [1.82, 2.24) is 0 Å². The quantitative estimate of drug-likeness (QED) is 0.715. The largest absolute Gasteiger partial charge is 0.508 e. The van der Waals surface area contributed by atoms with E-state index in [0.717, 1.165) is 18.4 Å². The van der Waals surface area contributed by atoms with Gasteiger partial charge in [0.1, 0.15) is 5.75 Å². The predicted octanol–water partition coefficient (Wildman–Crippen LogP) is 1.67. The zero-order valence-corrected chi connectivity index (χ0v) is 7.33. The first-order chi connectivity index (χ1) is 5.72. The van der Waals surface area contributed by atoms with Gasteiger partial charge in [0.15, 0.2) is 0 Å². The van der Waals surface area contributed by atoms with E-state index in [-0.39, 0.29) is 6.04 Å². The fourth-order valence-electron chi connectivity index (χ4n) is 1.13. The van der Waals surface area contributed by atoms with E-state index in [4.69, 9.17) is 10.8 Å². The van der Waals surface area contributed by atoms with Crippen LogP contribution in [0.25, 0.3) is 0 Å². The van der Waals surface area contributed by atoms with Crippen molar-refractivity contribution in [2.75, 3.05) is 0 Å². The summed E-state index contributed by atoms with van der Waals surface area (Å²) in [6.07, 6.45) is 1.81. The molecule has 0 fully saturated rings. The maximum Gasteiger partial charge on any atom is 0.115 e. The van der Waals surface area contributed by atoms with Crippen LogP contribution in [0, 0.1) is 0 Å². The molecule has 2 nitrogen and oxygen atoms in total. The van der Waals surface area contributed by atoms with Gasteiger partial charge in [0, 0.05) is 6.04 Å². The predicted molar refractivity (Wildman–Crippen MR) is 50.1 cm³/mol. The molecule has 66 valence electrons. The van der Waals surface area contributed by atoms with E-state index < -0.39 is 0 Å². The van der Waals surface area contributed by atoms with Crippen LogP contribution in [0.2, 0.25) is 0 Å². The van der Waals surface area contributed by atoms with E-state index >= 15 is 0 Å². The van der Waals surface area contributed by atoms with E-state index in [2.05, 4.69) is 6.92 Å². The normalized spacial score (nSPS) is 12.8. The zero-order chi connectivity index (χ0) is 8.97. The summed E-state index contributed by atoms with van der Waals surface area (Å²) in [5.41, 5.74) is 6.87. The smallest absolute Gasteiger partial charge is 0.115 e. The Kier molecular flexibility index (Phi) is 3.11. The Bertz CT molecular complexity index is 247.